The second kappa shape index (κ2) is 5.76. The first-order chi connectivity index (χ1) is 14.2. The smallest absolute Gasteiger partial charge is 0.0412 e. The molecule has 0 saturated heterocycles. The zero-order chi connectivity index (χ0) is 19.2. The SMILES string of the molecule is Clc1cccc(-c2cccc3c2-c2ccccc2C32C3CC4CC(C3)CC2C4)c1. The molecule has 1 heteroatoms. The maximum absolute atomic E-state index is 6.39. The van der Waals surface area contributed by atoms with Crippen LogP contribution in [0.15, 0.2) is 66.7 Å². The number of fused-ring (bicyclic) bond motifs is 3. The molecule has 0 atom stereocenters. The van der Waals surface area contributed by atoms with Crippen LogP contribution in [0.3, 0.4) is 0 Å². The average molecular weight is 397 g/mol. The molecular weight excluding hydrogens is 372 g/mol. The molecule has 5 aliphatic rings. The summed E-state index contributed by atoms with van der Waals surface area (Å²) in [4.78, 5) is 0. The van der Waals surface area contributed by atoms with E-state index >= 15 is 0 Å². The summed E-state index contributed by atoms with van der Waals surface area (Å²) in [6.07, 6.45) is 7.23. The maximum Gasteiger partial charge on any atom is 0.0412 e. The van der Waals surface area contributed by atoms with Gasteiger partial charge in [0.1, 0.15) is 0 Å². The minimum atomic E-state index is 0.244. The van der Waals surface area contributed by atoms with Gasteiger partial charge in [0.05, 0.1) is 0 Å². The Morgan fingerprint density at radius 1 is 0.655 bits per heavy atom. The van der Waals surface area contributed by atoms with Crippen molar-refractivity contribution >= 4 is 11.6 Å². The molecule has 144 valence electrons. The Bertz CT molecular complexity index is 1110. The van der Waals surface area contributed by atoms with Crippen molar-refractivity contribution < 1.29 is 0 Å². The van der Waals surface area contributed by atoms with Crippen LogP contribution in [0, 0.1) is 23.7 Å². The summed E-state index contributed by atoms with van der Waals surface area (Å²) in [5.41, 5.74) is 9.04. The zero-order valence-electron chi connectivity index (χ0n) is 16.6. The van der Waals surface area contributed by atoms with Crippen molar-refractivity contribution in [1.29, 1.82) is 0 Å². The molecule has 29 heavy (non-hydrogen) atoms. The predicted octanol–water partition coefficient (Wildman–Crippen LogP) is 7.73. The molecule has 4 saturated carbocycles. The van der Waals surface area contributed by atoms with Crippen molar-refractivity contribution in [2.75, 3.05) is 0 Å². The van der Waals surface area contributed by atoms with Gasteiger partial charge in [0.15, 0.2) is 0 Å². The number of hydrogen-bond acceptors (Lipinski definition) is 0. The van der Waals surface area contributed by atoms with Crippen LogP contribution in [0.25, 0.3) is 22.3 Å². The Labute approximate surface area is 177 Å². The van der Waals surface area contributed by atoms with Gasteiger partial charge in [-0.05, 0) is 101 Å². The summed E-state index contributed by atoms with van der Waals surface area (Å²) in [7, 11) is 0. The van der Waals surface area contributed by atoms with E-state index in [-0.39, 0.29) is 5.41 Å². The highest BCUT2D eigenvalue weighted by atomic mass is 35.5. The third-order valence-electron chi connectivity index (χ3n) is 8.71. The monoisotopic (exact) mass is 396 g/mol. The minimum Gasteiger partial charge on any atom is -0.0843 e. The Kier molecular flexibility index (Phi) is 3.32. The van der Waals surface area contributed by atoms with Crippen LogP contribution in [0.4, 0.5) is 0 Å². The Morgan fingerprint density at radius 2 is 1.31 bits per heavy atom. The summed E-state index contributed by atoms with van der Waals surface area (Å²) in [5, 5.41) is 0.815. The van der Waals surface area contributed by atoms with Gasteiger partial charge in [0, 0.05) is 10.4 Å². The van der Waals surface area contributed by atoms with Crippen LogP contribution in [0.5, 0.6) is 0 Å². The number of hydrogen-bond donors (Lipinski definition) is 0. The molecule has 3 aromatic carbocycles. The van der Waals surface area contributed by atoms with E-state index < -0.39 is 0 Å². The highest BCUT2D eigenvalue weighted by Gasteiger charge is 2.61. The molecule has 0 heterocycles. The molecule has 0 N–H and O–H groups in total. The molecule has 0 aliphatic heterocycles. The molecule has 0 aromatic heterocycles. The standard InChI is InChI=1S/C28H25Cl/c29-22-6-3-5-19(16-22)23-8-4-10-26-27(23)24-7-1-2-9-25(24)28(26)20-12-17-11-18(14-20)15-21(28)13-17/h1-10,16-18,20-21H,11-15H2. The molecule has 0 amide bonds. The lowest BCUT2D eigenvalue weighted by Gasteiger charge is -2.61. The Balaban J connectivity index is 1.54. The lowest BCUT2D eigenvalue weighted by molar-refractivity contribution is -0.0399. The molecule has 0 unspecified atom stereocenters. The Morgan fingerprint density at radius 3 is 2.07 bits per heavy atom. The van der Waals surface area contributed by atoms with Gasteiger partial charge in [-0.2, -0.15) is 0 Å². The molecule has 1 spiro atoms. The van der Waals surface area contributed by atoms with E-state index in [2.05, 4.69) is 60.7 Å². The van der Waals surface area contributed by atoms with Crippen LogP contribution in [0.2, 0.25) is 5.02 Å². The molecular formula is C28H25Cl. The topological polar surface area (TPSA) is 0 Å². The largest absolute Gasteiger partial charge is 0.0843 e. The van der Waals surface area contributed by atoms with Crippen molar-refractivity contribution in [2.45, 2.75) is 37.5 Å². The third-order valence-corrected chi connectivity index (χ3v) is 8.95. The fourth-order valence-corrected chi connectivity index (χ4v) is 8.29. The second-order valence-corrected chi connectivity index (χ2v) is 10.4. The van der Waals surface area contributed by atoms with Gasteiger partial charge in [0.25, 0.3) is 0 Å². The number of benzene rings is 3. The lowest BCUT2D eigenvalue weighted by Crippen LogP contribution is -2.55. The zero-order valence-corrected chi connectivity index (χ0v) is 17.3. The molecule has 5 aliphatic carbocycles. The van der Waals surface area contributed by atoms with E-state index in [0.717, 1.165) is 28.7 Å². The van der Waals surface area contributed by atoms with Gasteiger partial charge in [-0.25, -0.2) is 0 Å². The van der Waals surface area contributed by atoms with Gasteiger partial charge < -0.3 is 0 Å². The second-order valence-electron chi connectivity index (χ2n) is 9.96. The van der Waals surface area contributed by atoms with E-state index in [9.17, 15) is 0 Å². The van der Waals surface area contributed by atoms with Crippen molar-refractivity contribution in [3.63, 3.8) is 0 Å². The summed E-state index contributed by atoms with van der Waals surface area (Å²) >= 11 is 6.39. The van der Waals surface area contributed by atoms with E-state index in [4.69, 9.17) is 11.6 Å². The van der Waals surface area contributed by atoms with Crippen LogP contribution < -0.4 is 0 Å². The molecule has 4 fully saturated rings. The van der Waals surface area contributed by atoms with Crippen LogP contribution in [0.1, 0.15) is 43.2 Å². The maximum atomic E-state index is 6.39. The first kappa shape index (κ1) is 16.7. The number of rotatable bonds is 1. The molecule has 3 aromatic rings. The van der Waals surface area contributed by atoms with E-state index in [1.807, 2.05) is 6.07 Å². The van der Waals surface area contributed by atoms with Gasteiger partial charge >= 0.3 is 0 Å². The minimum absolute atomic E-state index is 0.244. The predicted molar refractivity (Wildman–Crippen MR) is 120 cm³/mol. The molecule has 4 bridgehead atoms. The van der Waals surface area contributed by atoms with Gasteiger partial charge in [-0.3, -0.25) is 0 Å². The fraction of sp³-hybridized carbons (Fsp3) is 0.357. The van der Waals surface area contributed by atoms with Crippen LogP contribution >= 0.6 is 11.6 Å². The normalized spacial score (nSPS) is 33.1. The summed E-state index contributed by atoms with van der Waals surface area (Å²) in [6, 6.07) is 24.8. The van der Waals surface area contributed by atoms with E-state index in [1.165, 1.54) is 54.4 Å². The van der Waals surface area contributed by atoms with E-state index in [0.29, 0.717) is 0 Å². The van der Waals surface area contributed by atoms with Crippen molar-refractivity contribution in [3.8, 4) is 22.3 Å². The van der Waals surface area contributed by atoms with Crippen molar-refractivity contribution in [1.82, 2.24) is 0 Å². The quantitative estimate of drug-likeness (QED) is 0.394. The third kappa shape index (κ3) is 2.06. The Hall–Kier alpha value is -2.05. The highest BCUT2D eigenvalue weighted by Crippen LogP contribution is 2.69. The van der Waals surface area contributed by atoms with Crippen LogP contribution in [-0.4, -0.2) is 0 Å². The van der Waals surface area contributed by atoms with Gasteiger partial charge in [-0.1, -0.05) is 66.2 Å². The first-order valence-electron chi connectivity index (χ1n) is 11.2. The van der Waals surface area contributed by atoms with Crippen molar-refractivity contribution in [3.05, 3.63) is 82.9 Å². The van der Waals surface area contributed by atoms with E-state index in [1.54, 1.807) is 11.1 Å². The first-order valence-corrected chi connectivity index (χ1v) is 11.6. The number of halogens is 1. The summed E-state index contributed by atoms with van der Waals surface area (Å²) in [6.45, 7) is 0. The lowest BCUT2D eigenvalue weighted by atomic mass is 9.43. The molecule has 0 radical (unpaired) electrons. The van der Waals surface area contributed by atoms with Crippen LogP contribution in [-0.2, 0) is 5.41 Å². The average Bonchev–Trinajstić information content (AvgIpc) is 3.03. The summed E-state index contributed by atoms with van der Waals surface area (Å²) in [5.74, 6) is 3.59. The molecule has 0 nitrogen and oxygen atoms in total. The summed E-state index contributed by atoms with van der Waals surface area (Å²) < 4.78 is 0. The van der Waals surface area contributed by atoms with Gasteiger partial charge in [-0.15, -0.1) is 0 Å². The van der Waals surface area contributed by atoms with Crippen molar-refractivity contribution in [2.24, 2.45) is 23.7 Å². The fourth-order valence-electron chi connectivity index (χ4n) is 8.10. The van der Waals surface area contributed by atoms with Gasteiger partial charge in [0.2, 0.25) is 0 Å². The molecule has 8 rings (SSSR count). The highest BCUT2D eigenvalue weighted by molar-refractivity contribution is 6.30.